The molecule has 1 amide bonds. The van der Waals surface area contributed by atoms with Gasteiger partial charge in [0, 0.05) is 24.2 Å². The van der Waals surface area contributed by atoms with Gasteiger partial charge in [0.1, 0.15) is 5.69 Å². The van der Waals surface area contributed by atoms with Gasteiger partial charge in [-0.25, -0.2) is 10.1 Å². The highest BCUT2D eigenvalue weighted by molar-refractivity contribution is 7.13. The normalized spacial score (nSPS) is 11.0. The van der Waals surface area contributed by atoms with Crippen LogP contribution in [0, 0.1) is 0 Å². The zero-order valence-corrected chi connectivity index (χ0v) is 15.0. The molecule has 4 rings (SSSR count). The van der Waals surface area contributed by atoms with Gasteiger partial charge in [-0.2, -0.15) is 10.2 Å². The third-order valence-electron chi connectivity index (χ3n) is 3.81. The molecular weight excluding hydrogens is 358 g/mol. The molecule has 1 N–H and O–H groups in total. The minimum absolute atomic E-state index is 0.313. The first kappa shape index (κ1) is 16.9. The number of hydrogen-bond donors (Lipinski definition) is 1. The minimum Gasteiger partial charge on any atom is -0.267 e. The number of aromatic nitrogens is 3. The number of thiophene rings is 1. The van der Waals surface area contributed by atoms with E-state index in [1.54, 1.807) is 40.6 Å². The highest BCUT2D eigenvalue weighted by atomic mass is 32.1. The van der Waals surface area contributed by atoms with E-state index in [2.05, 4.69) is 15.5 Å². The maximum atomic E-state index is 12.1. The van der Waals surface area contributed by atoms with Crippen LogP contribution in [0.15, 0.2) is 83.7 Å². The summed E-state index contributed by atoms with van der Waals surface area (Å²) < 4.78 is 1.80. The number of nitrogens with zero attached hydrogens (tertiary/aromatic N) is 4. The summed E-state index contributed by atoms with van der Waals surface area (Å²) in [6.45, 7) is 0. The SMILES string of the molecule is O=C(N/N=C\c1cn(-c2ccccc2)nc1-c1cccs1)c1cccnc1. The molecule has 0 saturated heterocycles. The van der Waals surface area contributed by atoms with Crippen molar-refractivity contribution < 1.29 is 4.79 Å². The molecule has 0 fully saturated rings. The second-order valence-corrected chi connectivity index (χ2v) is 6.58. The van der Waals surface area contributed by atoms with Gasteiger partial charge < -0.3 is 0 Å². The van der Waals surface area contributed by atoms with Crippen LogP contribution in [0.2, 0.25) is 0 Å². The van der Waals surface area contributed by atoms with Crippen molar-refractivity contribution in [1.82, 2.24) is 20.2 Å². The van der Waals surface area contributed by atoms with Crippen LogP contribution >= 0.6 is 11.3 Å². The van der Waals surface area contributed by atoms with Crippen LogP contribution in [-0.4, -0.2) is 26.9 Å². The number of pyridine rings is 1. The molecule has 0 radical (unpaired) electrons. The number of hydrogen-bond acceptors (Lipinski definition) is 5. The van der Waals surface area contributed by atoms with Crippen LogP contribution in [0.4, 0.5) is 0 Å². The first-order valence-corrected chi connectivity index (χ1v) is 9.11. The summed E-state index contributed by atoms with van der Waals surface area (Å²) in [6.07, 6.45) is 6.61. The van der Waals surface area contributed by atoms with E-state index >= 15 is 0 Å². The van der Waals surface area contributed by atoms with Crippen LogP contribution in [-0.2, 0) is 0 Å². The lowest BCUT2D eigenvalue weighted by atomic mass is 10.2. The Labute approximate surface area is 159 Å². The summed E-state index contributed by atoms with van der Waals surface area (Å²) in [4.78, 5) is 17.1. The molecule has 7 heteroatoms. The molecule has 0 unspecified atom stereocenters. The molecule has 4 aromatic rings. The smallest absolute Gasteiger partial charge is 0.267 e. The van der Waals surface area contributed by atoms with Crippen LogP contribution in [0.3, 0.4) is 0 Å². The molecule has 0 aliphatic rings. The Morgan fingerprint density at radius 1 is 1.11 bits per heavy atom. The number of hydrazone groups is 1. The molecule has 27 heavy (non-hydrogen) atoms. The van der Waals surface area contributed by atoms with E-state index in [4.69, 9.17) is 5.10 Å². The summed E-state index contributed by atoms with van der Waals surface area (Å²) in [6, 6.07) is 17.2. The zero-order chi connectivity index (χ0) is 18.5. The summed E-state index contributed by atoms with van der Waals surface area (Å²) in [5.41, 5.74) is 5.56. The fourth-order valence-corrected chi connectivity index (χ4v) is 3.25. The van der Waals surface area contributed by atoms with Gasteiger partial charge in [0.2, 0.25) is 0 Å². The number of para-hydroxylation sites is 1. The van der Waals surface area contributed by atoms with E-state index in [1.165, 1.54) is 6.20 Å². The standard InChI is InChI=1S/C20H15N5OS/c26-20(15-6-4-10-21-12-15)23-22-13-16-14-25(17-7-2-1-3-8-17)24-19(16)18-9-5-11-27-18/h1-14H,(H,23,26)/b22-13-. The van der Waals surface area contributed by atoms with Crippen molar-refractivity contribution in [2.45, 2.75) is 0 Å². The molecule has 6 nitrogen and oxygen atoms in total. The molecule has 3 heterocycles. The van der Waals surface area contributed by atoms with Crippen molar-refractivity contribution in [1.29, 1.82) is 0 Å². The second-order valence-electron chi connectivity index (χ2n) is 5.63. The molecule has 132 valence electrons. The lowest BCUT2D eigenvalue weighted by Crippen LogP contribution is -2.17. The topological polar surface area (TPSA) is 72.2 Å². The van der Waals surface area contributed by atoms with E-state index in [0.717, 1.165) is 21.8 Å². The van der Waals surface area contributed by atoms with Crippen molar-refractivity contribution in [2.24, 2.45) is 5.10 Å². The number of carbonyl (C=O) groups is 1. The number of benzene rings is 1. The van der Waals surface area contributed by atoms with Crippen LogP contribution in [0.25, 0.3) is 16.3 Å². The molecular formula is C20H15N5OS. The largest absolute Gasteiger partial charge is 0.272 e. The lowest BCUT2D eigenvalue weighted by Gasteiger charge is -1.98. The Kier molecular flexibility index (Phi) is 4.84. The van der Waals surface area contributed by atoms with Gasteiger partial charge in [0.05, 0.1) is 22.3 Å². The third kappa shape index (κ3) is 3.83. The number of nitrogens with one attached hydrogen (secondary N) is 1. The highest BCUT2D eigenvalue weighted by Gasteiger charge is 2.12. The summed E-state index contributed by atoms with van der Waals surface area (Å²) in [7, 11) is 0. The maximum absolute atomic E-state index is 12.1. The van der Waals surface area contributed by atoms with Crippen LogP contribution < -0.4 is 5.43 Å². The van der Waals surface area contributed by atoms with E-state index in [0.29, 0.717) is 5.56 Å². The van der Waals surface area contributed by atoms with Crippen LogP contribution in [0.1, 0.15) is 15.9 Å². The highest BCUT2D eigenvalue weighted by Crippen LogP contribution is 2.26. The summed E-state index contributed by atoms with van der Waals surface area (Å²) in [5.74, 6) is -0.313. The first-order chi connectivity index (χ1) is 13.3. The quantitative estimate of drug-likeness (QED) is 0.428. The summed E-state index contributed by atoms with van der Waals surface area (Å²) >= 11 is 1.60. The predicted molar refractivity (Wildman–Crippen MR) is 106 cm³/mol. The molecule has 0 aliphatic carbocycles. The fraction of sp³-hybridized carbons (Fsp3) is 0. The third-order valence-corrected chi connectivity index (χ3v) is 4.69. The predicted octanol–water partition coefficient (Wildman–Crippen LogP) is 3.76. The Hall–Kier alpha value is -3.58. The number of carbonyl (C=O) groups excluding carboxylic acids is 1. The minimum atomic E-state index is -0.313. The monoisotopic (exact) mass is 373 g/mol. The van der Waals surface area contributed by atoms with Crippen LogP contribution in [0.5, 0.6) is 0 Å². The lowest BCUT2D eigenvalue weighted by molar-refractivity contribution is 0.0955. The maximum Gasteiger partial charge on any atom is 0.272 e. The van der Waals surface area contributed by atoms with Crippen molar-refractivity contribution in [3.63, 3.8) is 0 Å². The van der Waals surface area contributed by atoms with E-state index in [9.17, 15) is 4.79 Å². The van der Waals surface area contributed by atoms with Gasteiger partial charge in [0.15, 0.2) is 0 Å². The van der Waals surface area contributed by atoms with E-state index in [1.807, 2.05) is 54.0 Å². The average Bonchev–Trinajstić information content (AvgIpc) is 3.39. The first-order valence-electron chi connectivity index (χ1n) is 8.23. The van der Waals surface area contributed by atoms with Gasteiger partial charge in [-0.1, -0.05) is 24.3 Å². The molecule has 0 aliphatic heterocycles. The Balaban J connectivity index is 1.61. The van der Waals surface area contributed by atoms with Crippen molar-refractivity contribution in [3.05, 3.63) is 89.7 Å². The van der Waals surface area contributed by atoms with Gasteiger partial charge in [0.25, 0.3) is 5.91 Å². The molecule has 0 saturated carbocycles. The van der Waals surface area contributed by atoms with Gasteiger partial charge in [-0.05, 0) is 35.7 Å². The fourth-order valence-electron chi connectivity index (χ4n) is 2.52. The van der Waals surface area contributed by atoms with Gasteiger partial charge in [-0.15, -0.1) is 11.3 Å². The zero-order valence-electron chi connectivity index (χ0n) is 14.2. The summed E-state index contributed by atoms with van der Waals surface area (Å²) in [5, 5.41) is 10.8. The van der Waals surface area contributed by atoms with Gasteiger partial charge in [-0.3, -0.25) is 9.78 Å². The van der Waals surface area contributed by atoms with Crippen molar-refractivity contribution in [2.75, 3.05) is 0 Å². The van der Waals surface area contributed by atoms with Crippen molar-refractivity contribution in [3.8, 4) is 16.3 Å². The second kappa shape index (κ2) is 7.76. The number of rotatable bonds is 5. The molecule has 3 aromatic heterocycles. The van der Waals surface area contributed by atoms with E-state index in [-0.39, 0.29) is 5.91 Å². The Morgan fingerprint density at radius 2 is 2.00 bits per heavy atom. The van der Waals surface area contributed by atoms with E-state index < -0.39 is 0 Å². The van der Waals surface area contributed by atoms with Gasteiger partial charge >= 0.3 is 0 Å². The Bertz CT molecular complexity index is 1060. The average molecular weight is 373 g/mol. The molecule has 0 spiro atoms. The van der Waals surface area contributed by atoms with Crippen molar-refractivity contribution >= 4 is 23.5 Å². The Morgan fingerprint density at radius 3 is 2.74 bits per heavy atom. The number of amides is 1. The molecule has 0 atom stereocenters. The molecule has 0 bridgehead atoms. The molecule has 1 aromatic carbocycles.